The molecule has 0 radical (unpaired) electrons. The summed E-state index contributed by atoms with van der Waals surface area (Å²) >= 11 is 1.42. The summed E-state index contributed by atoms with van der Waals surface area (Å²) in [6, 6.07) is 11.6. The van der Waals surface area contributed by atoms with Gasteiger partial charge in [-0.2, -0.15) is 0 Å². The number of fused-ring (bicyclic) bond motifs is 1. The van der Waals surface area contributed by atoms with Crippen LogP contribution in [0.25, 0.3) is 5.69 Å². The number of carbonyl (C=O) groups excluding carboxylic acids is 1. The van der Waals surface area contributed by atoms with Crippen LogP contribution in [0, 0.1) is 5.82 Å². The average Bonchev–Trinajstić information content (AvgIpc) is 3.34. The van der Waals surface area contributed by atoms with Crippen LogP contribution in [0.2, 0.25) is 0 Å². The van der Waals surface area contributed by atoms with E-state index >= 15 is 0 Å². The normalized spacial score (nSPS) is 12.2. The molecular weight excluding hydrogens is 381 g/mol. The van der Waals surface area contributed by atoms with Crippen molar-refractivity contribution < 1.29 is 18.7 Å². The van der Waals surface area contributed by atoms with Crippen molar-refractivity contribution in [2.75, 3.05) is 20.1 Å². The smallest absolute Gasteiger partial charge is 0.272 e. The van der Waals surface area contributed by atoms with E-state index in [1.54, 1.807) is 34.8 Å². The molecule has 144 valence electrons. The number of amides is 1. The van der Waals surface area contributed by atoms with Crippen LogP contribution in [-0.2, 0) is 6.54 Å². The Morgan fingerprint density at radius 3 is 2.71 bits per heavy atom. The van der Waals surface area contributed by atoms with Gasteiger partial charge in [0.05, 0.1) is 6.20 Å². The molecule has 1 aliphatic rings. The molecule has 0 saturated carbocycles. The fourth-order valence-corrected chi connectivity index (χ4v) is 3.59. The van der Waals surface area contributed by atoms with Gasteiger partial charge >= 0.3 is 0 Å². The quantitative estimate of drug-likeness (QED) is 0.612. The monoisotopic (exact) mass is 399 g/mol. The fourth-order valence-electron chi connectivity index (χ4n) is 3.05. The predicted molar refractivity (Wildman–Crippen MR) is 104 cm³/mol. The van der Waals surface area contributed by atoms with Crippen molar-refractivity contribution in [2.24, 2.45) is 0 Å². The fraction of sp³-hybridized carbons (Fsp3) is 0.200. The first-order chi connectivity index (χ1) is 13.6. The summed E-state index contributed by atoms with van der Waals surface area (Å²) in [7, 11) is 1.73. The Hall–Kier alpha value is -3.00. The van der Waals surface area contributed by atoms with E-state index in [1.165, 1.54) is 23.9 Å². The van der Waals surface area contributed by atoms with Crippen molar-refractivity contribution in [3.05, 3.63) is 65.7 Å². The highest BCUT2D eigenvalue weighted by molar-refractivity contribution is 7.98. The van der Waals surface area contributed by atoms with Crippen molar-refractivity contribution in [3.8, 4) is 17.2 Å². The zero-order chi connectivity index (χ0) is 19.7. The van der Waals surface area contributed by atoms with Crippen molar-refractivity contribution >= 4 is 17.7 Å². The number of aromatic nitrogens is 2. The Balaban J connectivity index is 1.60. The molecule has 4 rings (SSSR count). The molecular formula is C20H18FN3O3S. The van der Waals surface area contributed by atoms with E-state index in [-0.39, 0.29) is 18.5 Å². The number of thioether (sulfide) groups is 1. The molecule has 1 amide bonds. The number of nitrogens with zero attached hydrogens (tertiary/aromatic N) is 3. The topological polar surface area (TPSA) is 56.6 Å². The van der Waals surface area contributed by atoms with Crippen molar-refractivity contribution in [1.82, 2.24) is 14.5 Å². The maximum Gasteiger partial charge on any atom is 0.272 e. The second-order valence-electron chi connectivity index (χ2n) is 6.29. The van der Waals surface area contributed by atoms with Crippen LogP contribution in [0.3, 0.4) is 0 Å². The molecule has 0 unspecified atom stereocenters. The third kappa shape index (κ3) is 3.43. The average molecular weight is 399 g/mol. The lowest BCUT2D eigenvalue weighted by Gasteiger charge is -2.19. The lowest BCUT2D eigenvalue weighted by Crippen LogP contribution is -2.28. The maximum atomic E-state index is 13.3. The van der Waals surface area contributed by atoms with Crippen LogP contribution >= 0.6 is 11.8 Å². The summed E-state index contributed by atoms with van der Waals surface area (Å²) in [5, 5.41) is 0.659. The summed E-state index contributed by atoms with van der Waals surface area (Å²) < 4.78 is 25.8. The highest BCUT2D eigenvalue weighted by Gasteiger charge is 2.22. The Morgan fingerprint density at radius 2 is 1.96 bits per heavy atom. The Kier molecular flexibility index (Phi) is 4.95. The zero-order valence-electron chi connectivity index (χ0n) is 15.4. The van der Waals surface area contributed by atoms with Gasteiger partial charge in [0.15, 0.2) is 16.7 Å². The van der Waals surface area contributed by atoms with Gasteiger partial charge in [-0.25, -0.2) is 9.37 Å². The summed E-state index contributed by atoms with van der Waals surface area (Å²) in [6.07, 6.45) is 3.43. The van der Waals surface area contributed by atoms with Gasteiger partial charge in [-0.05, 0) is 48.2 Å². The van der Waals surface area contributed by atoms with Gasteiger partial charge in [-0.15, -0.1) is 0 Å². The molecule has 1 aliphatic heterocycles. The number of ether oxygens (including phenoxy) is 2. The van der Waals surface area contributed by atoms with E-state index in [1.807, 2.05) is 24.5 Å². The first kappa shape index (κ1) is 18.4. The number of hydrogen-bond acceptors (Lipinski definition) is 5. The molecule has 2 aromatic carbocycles. The van der Waals surface area contributed by atoms with E-state index in [9.17, 15) is 9.18 Å². The minimum Gasteiger partial charge on any atom is -0.454 e. The third-order valence-electron chi connectivity index (χ3n) is 4.42. The maximum absolute atomic E-state index is 13.3. The minimum absolute atomic E-state index is 0.185. The summed E-state index contributed by atoms with van der Waals surface area (Å²) in [6.45, 7) is 0.612. The molecule has 0 aliphatic carbocycles. The van der Waals surface area contributed by atoms with Crippen molar-refractivity contribution in [1.29, 1.82) is 0 Å². The first-order valence-electron chi connectivity index (χ1n) is 8.58. The molecule has 0 bridgehead atoms. The molecule has 6 nitrogen and oxygen atoms in total. The molecule has 2 heterocycles. The summed E-state index contributed by atoms with van der Waals surface area (Å²) in [5.41, 5.74) is 2.03. The second kappa shape index (κ2) is 7.55. The van der Waals surface area contributed by atoms with Crippen molar-refractivity contribution in [2.45, 2.75) is 11.7 Å². The van der Waals surface area contributed by atoms with Gasteiger partial charge in [-0.1, -0.05) is 17.8 Å². The molecule has 8 heteroatoms. The van der Waals surface area contributed by atoms with Crippen molar-refractivity contribution in [3.63, 3.8) is 0 Å². The van der Waals surface area contributed by atoms with Crippen LogP contribution < -0.4 is 9.47 Å². The molecule has 0 spiro atoms. The van der Waals surface area contributed by atoms with Crippen LogP contribution in [0.5, 0.6) is 11.5 Å². The summed E-state index contributed by atoms with van der Waals surface area (Å²) in [4.78, 5) is 19.0. The SMILES string of the molecule is CSc1ncc(C(=O)N(C)Cc2ccc3c(c2)OCO3)n1-c1ccc(F)cc1. The Bertz CT molecular complexity index is 1020. The summed E-state index contributed by atoms with van der Waals surface area (Å²) in [5.74, 6) is 0.869. The third-order valence-corrected chi connectivity index (χ3v) is 5.07. The van der Waals surface area contributed by atoms with Crippen LogP contribution in [0.4, 0.5) is 4.39 Å². The number of carbonyl (C=O) groups is 1. The highest BCUT2D eigenvalue weighted by Crippen LogP contribution is 2.33. The number of rotatable bonds is 5. The van der Waals surface area contributed by atoms with Gasteiger partial charge in [0.1, 0.15) is 11.5 Å². The van der Waals surface area contributed by atoms with E-state index in [0.29, 0.717) is 34.6 Å². The van der Waals surface area contributed by atoms with Crippen LogP contribution in [0.15, 0.2) is 53.8 Å². The molecule has 0 saturated heterocycles. The Labute approximate surface area is 165 Å². The number of halogens is 1. The van der Waals surface area contributed by atoms with Gasteiger partial charge in [0, 0.05) is 19.3 Å². The lowest BCUT2D eigenvalue weighted by molar-refractivity contribution is 0.0776. The van der Waals surface area contributed by atoms with Gasteiger partial charge in [0.25, 0.3) is 5.91 Å². The largest absolute Gasteiger partial charge is 0.454 e. The van der Waals surface area contributed by atoms with E-state index in [0.717, 1.165) is 5.56 Å². The highest BCUT2D eigenvalue weighted by atomic mass is 32.2. The molecule has 0 N–H and O–H groups in total. The van der Waals surface area contributed by atoms with Gasteiger partial charge in [0.2, 0.25) is 6.79 Å². The first-order valence-corrected chi connectivity index (χ1v) is 9.81. The van der Waals surface area contributed by atoms with Crippen LogP contribution in [0.1, 0.15) is 16.1 Å². The number of hydrogen-bond donors (Lipinski definition) is 0. The lowest BCUT2D eigenvalue weighted by atomic mass is 10.2. The Morgan fingerprint density at radius 1 is 1.21 bits per heavy atom. The van der Waals surface area contributed by atoms with E-state index < -0.39 is 0 Å². The predicted octanol–water partition coefficient (Wildman–Crippen LogP) is 3.73. The van der Waals surface area contributed by atoms with E-state index in [2.05, 4.69) is 4.98 Å². The van der Waals surface area contributed by atoms with Gasteiger partial charge in [-0.3, -0.25) is 9.36 Å². The molecule has 0 fully saturated rings. The molecule has 1 aromatic heterocycles. The van der Waals surface area contributed by atoms with E-state index in [4.69, 9.17) is 9.47 Å². The van der Waals surface area contributed by atoms with Crippen LogP contribution in [-0.4, -0.2) is 40.5 Å². The second-order valence-corrected chi connectivity index (χ2v) is 7.06. The molecule has 0 atom stereocenters. The zero-order valence-corrected chi connectivity index (χ0v) is 16.2. The minimum atomic E-state index is -0.331. The number of benzene rings is 2. The van der Waals surface area contributed by atoms with Gasteiger partial charge < -0.3 is 14.4 Å². The molecule has 28 heavy (non-hydrogen) atoms. The standard InChI is InChI=1S/C20H18FN3O3S/c1-23(11-13-3-8-17-18(9-13)27-12-26-17)19(25)16-10-22-20(28-2)24(16)15-6-4-14(21)5-7-15/h3-10H,11-12H2,1-2H3. The molecule has 3 aromatic rings. The number of imidazole rings is 1.